The van der Waals surface area contributed by atoms with Crippen LogP contribution < -0.4 is 18.9 Å². The summed E-state index contributed by atoms with van der Waals surface area (Å²) in [5.41, 5.74) is 4.22. The van der Waals surface area contributed by atoms with Gasteiger partial charge in [-0.1, -0.05) is 31.0 Å². The third-order valence-electron chi connectivity index (χ3n) is 7.49. The van der Waals surface area contributed by atoms with Gasteiger partial charge in [0.15, 0.2) is 11.5 Å². The number of ether oxygens (including phenoxy) is 4. The average Bonchev–Trinajstić information content (AvgIpc) is 3.49. The minimum atomic E-state index is -0.874. The summed E-state index contributed by atoms with van der Waals surface area (Å²) in [6, 6.07) is 17.0. The van der Waals surface area contributed by atoms with E-state index >= 15 is 0 Å². The summed E-state index contributed by atoms with van der Waals surface area (Å²) in [7, 11) is 3.44. The van der Waals surface area contributed by atoms with Crippen LogP contribution in [0.25, 0.3) is 11.1 Å². The van der Waals surface area contributed by atoms with Crippen molar-refractivity contribution < 1.29 is 43.5 Å². The van der Waals surface area contributed by atoms with E-state index in [0.717, 1.165) is 54.4 Å². The summed E-state index contributed by atoms with van der Waals surface area (Å²) in [6.07, 6.45) is 5.22. The zero-order valence-electron chi connectivity index (χ0n) is 25.9. The van der Waals surface area contributed by atoms with Gasteiger partial charge in [-0.25, -0.2) is 0 Å². The Balaban J connectivity index is 1.31. The molecule has 1 aliphatic heterocycles. The van der Waals surface area contributed by atoms with Gasteiger partial charge in [0, 0.05) is 32.5 Å². The molecule has 0 fully saturated rings. The van der Waals surface area contributed by atoms with E-state index in [1.165, 1.54) is 4.90 Å². The normalized spacial score (nSPS) is 11.7. The van der Waals surface area contributed by atoms with Crippen LogP contribution in [0.5, 0.6) is 23.0 Å². The van der Waals surface area contributed by atoms with Crippen LogP contribution in [0.4, 0.5) is 0 Å². The second-order valence-corrected chi connectivity index (χ2v) is 11.2. The van der Waals surface area contributed by atoms with Crippen LogP contribution in [0.3, 0.4) is 0 Å². The lowest BCUT2D eigenvalue weighted by molar-refractivity contribution is -0.138. The first-order valence-corrected chi connectivity index (χ1v) is 15.3. The molecule has 2 N–H and O–H groups in total. The first kappa shape index (κ1) is 33.2. The second-order valence-electron chi connectivity index (χ2n) is 11.2. The first-order valence-electron chi connectivity index (χ1n) is 15.3. The van der Waals surface area contributed by atoms with Crippen molar-refractivity contribution in [3.63, 3.8) is 0 Å². The number of aliphatic carboxylic acids is 2. The molecule has 0 unspecified atom stereocenters. The van der Waals surface area contributed by atoms with Crippen molar-refractivity contribution in [3.8, 4) is 34.1 Å². The van der Waals surface area contributed by atoms with Crippen molar-refractivity contribution in [2.75, 3.05) is 34.1 Å². The number of hydrogen-bond acceptors (Lipinski definition) is 7. The monoisotopic (exact) mass is 619 g/mol. The average molecular weight is 620 g/mol. The highest BCUT2D eigenvalue weighted by Crippen LogP contribution is 2.37. The van der Waals surface area contributed by atoms with Crippen molar-refractivity contribution in [2.45, 2.75) is 57.8 Å². The van der Waals surface area contributed by atoms with E-state index in [2.05, 4.69) is 0 Å². The minimum absolute atomic E-state index is 0.00242. The number of hydrogen-bond donors (Lipinski definition) is 2. The van der Waals surface area contributed by atoms with E-state index in [0.29, 0.717) is 48.0 Å². The van der Waals surface area contributed by atoms with Crippen LogP contribution in [-0.2, 0) is 22.4 Å². The second kappa shape index (κ2) is 16.4. The largest absolute Gasteiger partial charge is 0.494 e. The molecule has 4 rings (SSSR count). The maximum absolute atomic E-state index is 12.8. The van der Waals surface area contributed by atoms with Crippen molar-refractivity contribution >= 4 is 17.8 Å². The zero-order chi connectivity index (χ0) is 32.2. The summed E-state index contributed by atoms with van der Waals surface area (Å²) in [4.78, 5) is 36.4. The fourth-order valence-electron chi connectivity index (χ4n) is 5.17. The quantitative estimate of drug-likeness (QED) is 0.159. The molecule has 0 saturated heterocycles. The van der Waals surface area contributed by atoms with E-state index in [9.17, 15) is 19.5 Å². The Bertz CT molecular complexity index is 1480. The molecule has 10 nitrogen and oxygen atoms in total. The smallest absolute Gasteiger partial charge is 0.303 e. The van der Waals surface area contributed by atoms with Crippen molar-refractivity contribution in [2.24, 2.45) is 0 Å². The third kappa shape index (κ3) is 9.89. The van der Waals surface area contributed by atoms with E-state index in [-0.39, 0.29) is 32.1 Å². The molecule has 0 atom stereocenters. The third-order valence-corrected chi connectivity index (χ3v) is 7.49. The predicted molar refractivity (Wildman–Crippen MR) is 168 cm³/mol. The van der Waals surface area contributed by atoms with Crippen molar-refractivity contribution in [3.05, 3.63) is 71.3 Å². The molecule has 1 heterocycles. The summed E-state index contributed by atoms with van der Waals surface area (Å²) >= 11 is 0. The van der Waals surface area contributed by atoms with Gasteiger partial charge in [-0.3, -0.25) is 14.4 Å². The number of fused-ring (bicyclic) bond motifs is 1. The van der Waals surface area contributed by atoms with Crippen molar-refractivity contribution in [1.29, 1.82) is 0 Å². The van der Waals surface area contributed by atoms with Gasteiger partial charge < -0.3 is 34.1 Å². The maximum atomic E-state index is 12.8. The fraction of sp³-hybridized carbons (Fsp3) is 0.400. The number of nitrogens with zero attached hydrogens (tertiary/aromatic N) is 1. The molecule has 1 amide bonds. The van der Waals surface area contributed by atoms with Crippen molar-refractivity contribution in [1.82, 2.24) is 4.90 Å². The lowest BCUT2D eigenvalue weighted by Crippen LogP contribution is -2.21. The number of carbonyl (C=O) groups is 3. The topological polar surface area (TPSA) is 132 Å². The summed E-state index contributed by atoms with van der Waals surface area (Å²) < 4.78 is 22.9. The molecule has 3 aromatic rings. The van der Waals surface area contributed by atoms with E-state index in [1.807, 2.05) is 48.5 Å². The summed E-state index contributed by atoms with van der Waals surface area (Å²) in [5, 5.41) is 18.1. The molecular weight excluding hydrogens is 578 g/mol. The number of amides is 1. The van der Waals surface area contributed by atoms with Crippen LogP contribution >= 0.6 is 0 Å². The van der Waals surface area contributed by atoms with E-state index in [4.69, 9.17) is 24.1 Å². The highest BCUT2D eigenvalue weighted by atomic mass is 16.7. The molecule has 0 radical (unpaired) electrons. The van der Waals surface area contributed by atoms with Crippen LogP contribution in [0, 0.1) is 0 Å². The van der Waals surface area contributed by atoms with Gasteiger partial charge >= 0.3 is 11.9 Å². The lowest BCUT2D eigenvalue weighted by Gasteiger charge is -2.16. The molecule has 0 saturated carbocycles. The summed E-state index contributed by atoms with van der Waals surface area (Å²) in [5.74, 6) is 0.759. The number of benzene rings is 3. The van der Waals surface area contributed by atoms with Gasteiger partial charge in [-0.05, 0) is 90.8 Å². The molecule has 1 aliphatic rings. The van der Waals surface area contributed by atoms with Gasteiger partial charge in [-0.2, -0.15) is 0 Å². The Morgan fingerprint density at radius 1 is 0.756 bits per heavy atom. The molecule has 0 aliphatic carbocycles. The Labute approximate surface area is 263 Å². The van der Waals surface area contributed by atoms with Crippen LogP contribution in [0.2, 0.25) is 0 Å². The molecule has 0 aromatic heterocycles. The van der Waals surface area contributed by atoms with Crippen LogP contribution in [0.15, 0.2) is 54.6 Å². The van der Waals surface area contributed by atoms with Gasteiger partial charge in [0.2, 0.25) is 6.79 Å². The Morgan fingerprint density at radius 3 is 2.29 bits per heavy atom. The molecule has 0 spiro atoms. The number of carboxylic acid groups (broad SMARTS) is 2. The Hall–Kier alpha value is -4.73. The number of unbranched alkanes of at least 4 members (excludes halogenated alkanes) is 3. The number of carbonyl (C=O) groups excluding carboxylic acids is 1. The van der Waals surface area contributed by atoms with Gasteiger partial charge in [0.25, 0.3) is 5.91 Å². The highest BCUT2D eigenvalue weighted by Gasteiger charge is 2.17. The van der Waals surface area contributed by atoms with Crippen LogP contribution in [-0.4, -0.2) is 67.1 Å². The number of carboxylic acids is 2. The van der Waals surface area contributed by atoms with Gasteiger partial charge in [0.05, 0.1) is 13.2 Å². The maximum Gasteiger partial charge on any atom is 0.303 e. The number of aryl methyl sites for hydroxylation is 1. The Kier molecular flexibility index (Phi) is 12.1. The highest BCUT2D eigenvalue weighted by molar-refractivity contribution is 5.95. The zero-order valence-corrected chi connectivity index (χ0v) is 25.9. The van der Waals surface area contributed by atoms with Gasteiger partial charge in [0.1, 0.15) is 11.5 Å². The molecule has 45 heavy (non-hydrogen) atoms. The SMILES string of the molecule is CN(C)C(=O)c1cc(OCCCCCCc2cccc(OCCCC(=O)O)c2CCC(=O)O)cc(-c2ccc3c(c2)OCO3)c1. The minimum Gasteiger partial charge on any atom is -0.494 e. The van der Waals surface area contributed by atoms with E-state index in [1.54, 1.807) is 20.2 Å². The summed E-state index contributed by atoms with van der Waals surface area (Å²) in [6.45, 7) is 0.957. The molecular formula is C35H41NO9. The standard InChI is InChI=1S/C35H41NO9/c1-36(2)35(41)27-19-26(25-13-15-31-32(22-25)45-23-44-31)20-28(21-27)42-17-6-4-3-5-9-24-10-7-11-30(29(24)14-16-34(39)40)43-18-8-12-33(37)38/h7,10-11,13,15,19-22H,3-6,8-9,12,14,16-18,23H2,1-2H3,(H,37,38)(H,39,40). The van der Waals surface area contributed by atoms with Gasteiger partial charge in [-0.15, -0.1) is 0 Å². The Morgan fingerprint density at radius 2 is 1.51 bits per heavy atom. The lowest BCUT2D eigenvalue weighted by atomic mass is 9.97. The molecule has 240 valence electrons. The molecule has 10 heteroatoms. The fourth-order valence-corrected chi connectivity index (χ4v) is 5.17. The molecule has 0 bridgehead atoms. The van der Waals surface area contributed by atoms with Crippen LogP contribution in [0.1, 0.15) is 66.4 Å². The first-order chi connectivity index (χ1) is 21.7. The number of rotatable bonds is 18. The predicted octanol–water partition coefficient (Wildman–Crippen LogP) is 6.23. The van der Waals surface area contributed by atoms with E-state index < -0.39 is 11.9 Å². The molecule has 3 aromatic carbocycles.